The molecule has 1 unspecified atom stereocenters. The standard InChI is InChI=1S/C15H25ClN2O2/c1-10(2)13(18(3)4)9-17-8-11-6-12(16)7-14(20-5)15(11)19/h6-7,10,13,17,19H,8-9H2,1-5H3. The second-order valence-electron chi connectivity index (χ2n) is 5.52. The summed E-state index contributed by atoms with van der Waals surface area (Å²) in [6.45, 7) is 5.80. The lowest BCUT2D eigenvalue weighted by Crippen LogP contribution is -2.41. The van der Waals surface area contributed by atoms with Gasteiger partial charge in [0.15, 0.2) is 11.5 Å². The van der Waals surface area contributed by atoms with Crippen LogP contribution in [0.4, 0.5) is 0 Å². The normalized spacial score (nSPS) is 13.0. The molecule has 5 heteroatoms. The molecule has 0 radical (unpaired) electrons. The van der Waals surface area contributed by atoms with Crippen LogP contribution >= 0.6 is 11.6 Å². The highest BCUT2D eigenvalue weighted by molar-refractivity contribution is 6.30. The van der Waals surface area contributed by atoms with Gasteiger partial charge in [-0.15, -0.1) is 0 Å². The van der Waals surface area contributed by atoms with Crippen LogP contribution in [0, 0.1) is 5.92 Å². The van der Waals surface area contributed by atoms with E-state index in [1.807, 2.05) is 0 Å². The number of likely N-dealkylation sites (N-methyl/N-ethyl adjacent to an activating group) is 1. The van der Waals surface area contributed by atoms with Crippen molar-refractivity contribution >= 4 is 11.6 Å². The number of nitrogens with zero attached hydrogens (tertiary/aromatic N) is 1. The summed E-state index contributed by atoms with van der Waals surface area (Å²) in [6.07, 6.45) is 0. The van der Waals surface area contributed by atoms with Crippen molar-refractivity contribution in [3.63, 3.8) is 0 Å². The van der Waals surface area contributed by atoms with Gasteiger partial charge in [-0.2, -0.15) is 0 Å². The molecule has 0 aliphatic rings. The Hall–Kier alpha value is -0.970. The maximum atomic E-state index is 10.1. The zero-order chi connectivity index (χ0) is 15.3. The first kappa shape index (κ1) is 17.1. The smallest absolute Gasteiger partial charge is 0.162 e. The molecule has 0 aliphatic heterocycles. The highest BCUT2D eigenvalue weighted by Crippen LogP contribution is 2.33. The van der Waals surface area contributed by atoms with Gasteiger partial charge in [0.05, 0.1) is 7.11 Å². The average Bonchev–Trinajstić information content (AvgIpc) is 2.36. The lowest BCUT2D eigenvalue weighted by Gasteiger charge is -2.28. The number of rotatable bonds is 7. The predicted molar refractivity (Wildman–Crippen MR) is 83.7 cm³/mol. The zero-order valence-corrected chi connectivity index (χ0v) is 13.7. The van der Waals surface area contributed by atoms with Crippen LogP contribution in [0.15, 0.2) is 12.1 Å². The number of hydrogen-bond acceptors (Lipinski definition) is 4. The van der Waals surface area contributed by atoms with E-state index in [2.05, 4.69) is 38.2 Å². The van der Waals surface area contributed by atoms with Crippen LogP contribution in [0.2, 0.25) is 5.02 Å². The van der Waals surface area contributed by atoms with Crippen molar-refractivity contribution < 1.29 is 9.84 Å². The number of methoxy groups -OCH3 is 1. The molecule has 4 nitrogen and oxygen atoms in total. The SMILES string of the molecule is COc1cc(Cl)cc(CNCC(C(C)C)N(C)C)c1O. The van der Waals surface area contributed by atoms with Gasteiger partial charge in [0.2, 0.25) is 0 Å². The molecule has 1 aromatic rings. The molecule has 20 heavy (non-hydrogen) atoms. The first-order valence-electron chi connectivity index (χ1n) is 6.79. The quantitative estimate of drug-likeness (QED) is 0.813. The minimum atomic E-state index is 0.148. The first-order valence-corrected chi connectivity index (χ1v) is 7.17. The van der Waals surface area contributed by atoms with Gasteiger partial charge in [0.25, 0.3) is 0 Å². The molecule has 1 atom stereocenters. The zero-order valence-electron chi connectivity index (χ0n) is 12.9. The Morgan fingerprint density at radius 1 is 1.35 bits per heavy atom. The van der Waals surface area contributed by atoms with Gasteiger partial charge < -0.3 is 20.1 Å². The molecular weight excluding hydrogens is 276 g/mol. The summed E-state index contributed by atoms with van der Waals surface area (Å²) < 4.78 is 5.10. The fourth-order valence-electron chi connectivity index (χ4n) is 2.29. The fourth-order valence-corrected chi connectivity index (χ4v) is 2.52. The summed E-state index contributed by atoms with van der Waals surface area (Å²) in [6, 6.07) is 3.81. The van der Waals surface area contributed by atoms with E-state index in [-0.39, 0.29) is 5.75 Å². The molecule has 0 saturated heterocycles. The number of benzene rings is 1. The van der Waals surface area contributed by atoms with E-state index >= 15 is 0 Å². The Morgan fingerprint density at radius 3 is 2.50 bits per heavy atom. The second-order valence-corrected chi connectivity index (χ2v) is 5.96. The molecule has 1 aromatic carbocycles. The molecule has 0 saturated carbocycles. The minimum absolute atomic E-state index is 0.148. The molecule has 0 amide bonds. The second kappa shape index (κ2) is 7.72. The molecule has 0 spiro atoms. The van der Waals surface area contributed by atoms with E-state index in [9.17, 15) is 5.11 Å². The third kappa shape index (κ3) is 4.54. The Labute approximate surface area is 126 Å². The monoisotopic (exact) mass is 300 g/mol. The number of phenolic OH excluding ortho intramolecular Hbond substituents is 1. The lowest BCUT2D eigenvalue weighted by molar-refractivity contribution is 0.224. The summed E-state index contributed by atoms with van der Waals surface area (Å²) in [4.78, 5) is 2.20. The average molecular weight is 301 g/mol. The van der Waals surface area contributed by atoms with E-state index < -0.39 is 0 Å². The third-order valence-electron chi connectivity index (χ3n) is 3.44. The van der Waals surface area contributed by atoms with Crippen LogP contribution < -0.4 is 10.1 Å². The summed E-state index contributed by atoms with van der Waals surface area (Å²) in [5.74, 6) is 1.11. The van der Waals surface area contributed by atoms with Gasteiger partial charge in [-0.05, 0) is 26.1 Å². The van der Waals surface area contributed by atoms with E-state index in [1.54, 1.807) is 12.1 Å². The molecule has 0 bridgehead atoms. The van der Waals surface area contributed by atoms with Gasteiger partial charge in [-0.3, -0.25) is 0 Å². The fraction of sp³-hybridized carbons (Fsp3) is 0.600. The van der Waals surface area contributed by atoms with Crippen molar-refractivity contribution in [2.24, 2.45) is 5.92 Å². The van der Waals surface area contributed by atoms with E-state index in [4.69, 9.17) is 16.3 Å². The molecule has 0 heterocycles. The predicted octanol–water partition coefficient (Wildman–Crippen LogP) is 2.73. The van der Waals surface area contributed by atoms with Crippen LogP contribution in [0.3, 0.4) is 0 Å². The van der Waals surface area contributed by atoms with Gasteiger partial charge in [-0.25, -0.2) is 0 Å². The molecule has 0 fully saturated rings. The maximum Gasteiger partial charge on any atom is 0.162 e. The van der Waals surface area contributed by atoms with Crippen molar-refractivity contribution in [1.29, 1.82) is 0 Å². The van der Waals surface area contributed by atoms with E-state index in [0.717, 1.165) is 12.1 Å². The number of hydrogen-bond donors (Lipinski definition) is 2. The van der Waals surface area contributed by atoms with Crippen LogP contribution in [-0.2, 0) is 6.54 Å². The number of halogens is 1. The Balaban J connectivity index is 2.68. The topological polar surface area (TPSA) is 44.7 Å². The van der Waals surface area contributed by atoms with Gasteiger partial charge in [0.1, 0.15) is 0 Å². The molecule has 2 N–H and O–H groups in total. The number of phenols is 1. The van der Waals surface area contributed by atoms with Crippen LogP contribution in [0.5, 0.6) is 11.5 Å². The van der Waals surface area contributed by atoms with Crippen LogP contribution in [0.1, 0.15) is 19.4 Å². The van der Waals surface area contributed by atoms with Crippen molar-refractivity contribution in [2.45, 2.75) is 26.4 Å². The summed E-state index contributed by atoms with van der Waals surface area (Å²) in [5.41, 5.74) is 0.746. The van der Waals surface area contributed by atoms with Crippen LogP contribution in [-0.4, -0.2) is 43.8 Å². The lowest BCUT2D eigenvalue weighted by atomic mass is 10.0. The molecular formula is C15H25ClN2O2. The minimum Gasteiger partial charge on any atom is -0.504 e. The number of aromatic hydroxyl groups is 1. The van der Waals surface area contributed by atoms with Crippen molar-refractivity contribution in [2.75, 3.05) is 27.7 Å². The van der Waals surface area contributed by atoms with Gasteiger partial charge in [0, 0.05) is 35.8 Å². The third-order valence-corrected chi connectivity index (χ3v) is 3.66. The van der Waals surface area contributed by atoms with E-state index in [0.29, 0.717) is 29.3 Å². The molecule has 114 valence electrons. The van der Waals surface area contributed by atoms with Gasteiger partial charge in [-0.1, -0.05) is 25.4 Å². The van der Waals surface area contributed by atoms with Crippen LogP contribution in [0.25, 0.3) is 0 Å². The largest absolute Gasteiger partial charge is 0.504 e. The van der Waals surface area contributed by atoms with Crippen molar-refractivity contribution in [3.8, 4) is 11.5 Å². The number of ether oxygens (including phenoxy) is 1. The highest BCUT2D eigenvalue weighted by atomic mass is 35.5. The summed E-state index contributed by atoms with van der Waals surface area (Å²) >= 11 is 6.02. The van der Waals surface area contributed by atoms with E-state index in [1.165, 1.54) is 7.11 Å². The first-order chi connectivity index (χ1) is 9.36. The Morgan fingerprint density at radius 2 is 2.00 bits per heavy atom. The Bertz CT molecular complexity index is 428. The van der Waals surface area contributed by atoms with Gasteiger partial charge >= 0.3 is 0 Å². The molecule has 0 aromatic heterocycles. The van der Waals surface area contributed by atoms with Crippen molar-refractivity contribution in [1.82, 2.24) is 10.2 Å². The molecule has 0 aliphatic carbocycles. The van der Waals surface area contributed by atoms with Crippen molar-refractivity contribution in [3.05, 3.63) is 22.7 Å². The summed E-state index contributed by atoms with van der Waals surface area (Å²) in [7, 11) is 5.67. The maximum absolute atomic E-state index is 10.1. The summed E-state index contributed by atoms with van der Waals surface area (Å²) in [5, 5.41) is 14.0. The molecule has 1 rings (SSSR count). The number of nitrogens with one attached hydrogen (secondary N) is 1. The Kier molecular flexibility index (Phi) is 6.59. The highest BCUT2D eigenvalue weighted by Gasteiger charge is 2.16.